The summed E-state index contributed by atoms with van der Waals surface area (Å²) in [5.74, 6) is 1.52. The van der Waals surface area contributed by atoms with Crippen molar-refractivity contribution in [2.24, 2.45) is 0 Å². The van der Waals surface area contributed by atoms with Gasteiger partial charge in [-0.1, -0.05) is 49.3 Å². The Morgan fingerprint density at radius 3 is 2.44 bits per heavy atom. The molecule has 25 heavy (non-hydrogen) atoms. The third kappa shape index (κ3) is 4.28. The topological polar surface area (TPSA) is 67.2 Å². The zero-order valence-corrected chi connectivity index (χ0v) is 15.3. The zero-order chi connectivity index (χ0) is 17.8. The fourth-order valence-corrected chi connectivity index (χ4v) is 3.36. The van der Waals surface area contributed by atoms with Crippen LogP contribution in [0.25, 0.3) is 0 Å². The first-order chi connectivity index (χ1) is 12.0. The average Bonchev–Trinajstić information content (AvgIpc) is 3.25. The zero-order valence-electron chi connectivity index (χ0n) is 14.4. The summed E-state index contributed by atoms with van der Waals surface area (Å²) < 4.78 is 4.97. The Bertz CT molecular complexity index is 823. The summed E-state index contributed by atoms with van der Waals surface area (Å²) in [6.07, 6.45) is 0. The van der Waals surface area contributed by atoms with Crippen molar-refractivity contribution in [1.82, 2.24) is 10.5 Å². The van der Waals surface area contributed by atoms with Crippen LogP contribution in [0.1, 0.15) is 47.6 Å². The summed E-state index contributed by atoms with van der Waals surface area (Å²) in [6, 6.07) is 13.5. The van der Waals surface area contributed by atoms with E-state index in [-0.39, 0.29) is 12.1 Å². The summed E-state index contributed by atoms with van der Waals surface area (Å²) >= 11 is 1.61. The molecule has 3 rings (SSSR count). The molecule has 3 aromatic rings. The number of rotatable bonds is 5. The summed E-state index contributed by atoms with van der Waals surface area (Å²) in [4.78, 5) is 13.4. The smallest absolute Gasteiger partial charge is 0.321 e. The van der Waals surface area contributed by atoms with E-state index >= 15 is 0 Å². The molecule has 1 atom stereocenters. The highest BCUT2D eigenvalue weighted by Gasteiger charge is 2.19. The van der Waals surface area contributed by atoms with Gasteiger partial charge >= 0.3 is 6.03 Å². The molecule has 6 heteroatoms. The Morgan fingerprint density at radius 2 is 1.88 bits per heavy atom. The standard InChI is InChI=1S/C19H21N3O2S/c1-12(2)14-6-8-15(9-7-14)18(16-5-4-10-25-16)21-19(23)20-17-11-13(3)24-22-17/h4-12,18H,1-3H3,(H2,20,21,22,23)/t18-/m0/s1. The molecule has 0 fully saturated rings. The van der Waals surface area contributed by atoms with Crippen LogP contribution in [0.5, 0.6) is 0 Å². The van der Waals surface area contributed by atoms with Crippen LogP contribution in [0.3, 0.4) is 0 Å². The molecule has 0 radical (unpaired) electrons. The van der Waals surface area contributed by atoms with Crippen LogP contribution in [-0.4, -0.2) is 11.2 Å². The molecule has 0 aliphatic carbocycles. The van der Waals surface area contributed by atoms with Gasteiger partial charge in [-0.3, -0.25) is 5.32 Å². The van der Waals surface area contributed by atoms with E-state index in [1.807, 2.05) is 17.5 Å². The second-order valence-corrected chi connectivity index (χ2v) is 7.17. The van der Waals surface area contributed by atoms with Crippen LogP contribution >= 0.6 is 11.3 Å². The largest absolute Gasteiger partial charge is 0.360 e. The molecule has 0 saturated carbocycles. The van der Waals surface area contributed by atoms with Gasteiger partial charge in [0, 0.05) is 10.9 Å². The quantitative estimate of drug-likeness (QED) is 0.671. The molecule has 0 aliphatic rings. The molecule has 1 aromatic carbocycles. The number of benzene rings is 1. The lowest BCUT2D eigenvalue weighted by Gasteiger charge is -2.19. The molecule has 0 spiro atoms. The maximum atomic E-state index is 12.4. The van der Waals surface area contributed by atoms with Gasteiger partial charge in [-0.15, -0.1) is 11.3 Å². The van der Waals surface area contributed by atoms with Gasteiger partial charge in [-0.25, -0.2) is 4.79 Å². The SMILES string of the molecule is Cc1cc(NC(=O)N[C@@H](c2ccc(C(C)C)cc2)c2cccs2)no1. The van der Waals surface area contributed by atoms with Gasteiger partial charge in [0.2, 0.25) is 0 Å². The van der Waals surface area contributed by atoms with Crippen LogP contribution in [0.15, 0.2) is 52.4 Å². The van der Waals surface area contributed by atoms with E-state index in [9.17, 15) is 4.79 Å². The minimum absolute atomic E-state index is 0.214. The molecule has 0 saturated heterocycles. The molecule has 0 aliphatic heterocycles. The van der Waals surface area contributed by atoms with E-state index in [0.717, 1.165) is 10.4 Å². The number of carbonyl (C=O) groups excluding carboxylic acids is 1. The maximum Gasteiger partial charge on any atom is 0.321 e. The number of thiophene rings is 1. The highest BCUT2D eigenvalue weighted by molar-refractivity contribution is 7.10. The fraction of sp³-hybridized carbons (Fsp3) is 0.263. The second-order valence-electron chi connectivity index (χ2n) is 6.19. The van der Waals surface area contributed by atoms with E-state index < -0.39 is 0 Å². The Morgan fingerprint density at radius 1 is 1.16 bits per heavy atom. The van der Waals surface area contributed by atoms with Crippen molar-refractivity contribution in [1.29, 1.82) is 0 Å². The predicted molar refractivity (Wildman–Crippen MR) is 100 cm³/mol. The number of anilines is 1. The number of nitrogens with zero attached hydrogens (tertiary/aromatic N) is 1. The third-order valence-electron chi connectivity index (χ3n) is 3.91. The van der Waals surface area contributed by atoms with Gasteiger partial charge < -0.3 is 9.84 Å². The number of aryl methyl sites for hydroxylation is 1. The maximum absolute atomic E-state index is 12.4. The van der Waals surface area contributed by atoms with Gasteiger partial charge in [-0.2, -0.15) is 0 Å². The molecule has 5 nitrogen and oxygen atoms in total. The van der Waals surface area contributed by atoms with E-state index in [0.29, 0.717) is 17.5 Å². The lowest BCUT2D eigenvalue weighted by molar-refractivity contribution is 0.250. The summed E-state index contributed by atoms with van der Waals surface area (Å²) in [6.45, 7) is 6.11. The van der Waals surface area contributed by atoms with Gasteiger partial charge in [0.05, 0.1) is 6.04 Å². The number of amides is 2. The number of nitrogens with one attached hydrogen (secondary N) is 2. The Kier molecular flexibility index (Phi) is 5.19. The number of carbonyl (C=O) groups is 1. The number of hydrogen-bond acceptors (Lipinski definition) is 4. The van der Waals surface area contributed by atoms with Gasteiger partial charge in [0.15, 0.2) is 5.82 Å². The average molecular weight is 355 g/mol. The molecule has 2 aromatic heterocycles. The lowest BCUT2D eigenvalue weighted by Crippen LogP contribution is -2.32. The Hall–Kier alpha value is -2.60. The normalized spacial score (nSPS) is 12.2. The number of aromatic nitrogens is 1. The van der Waals surface area contributed by atoms with Crippen LogP contribution in [-0.2, 0) is 0 Å². The van der Waals surface area contributed by atoms with E-state index in [4.69, 9.17) is 4.52 Å². The molecule has 2 N–H and O–H groups in total. The fourth-order valence-electron chi connectivity index (χ4n) is 2.56. The molecule has 2 amide bonds. The minimum Gasteiger partial charge on any atom is -0.360 e. The van der Waals surface area contributed by atoms with Crippen molar-refractivity contribution in [3.05, 3.63) is 69.6 Å². The first-order valence-electron chi connectivity index (χ1n) is 8.17. The van der Waals surface area contributed by atoms with Crippen LogP contribution < -0.4 is 10.6 Å². The first kappa shape index (κ1) is 17.2. The first-order valence-corrected chi connectivity index (χ1v) is 9.05. The molecule has 0 unspecified atom stereocenters. The van der Waals surface area contributed by atoms with Crippen molar-refractivity contribution in [3.8, 4) is 0 Å². The predicted octanol–water partition coefficient (Wildman–Crippen LogP) is 5.08. The van der Waals surface area contributed by atoms with Gasteiger partial charge in [0.1, 0.15) is 5.76 Å². The highest BCUT2D eigenvalue weighted by atomic mass is 32.1. The third-order valence-corrected chi connectivity index (χ3v) is 4.85. The molecule has 0 bridgehead atoms. The molecular weight excluding hydrogens is 334 g/mol. The minimum atomic E-state index is -0.320. The summed E-state index contributed by atoms with van der Waals surface area (Å²) in [7, 11) is 0. The monoisotopic (exact) mass is 355 g/mol. The van der Waals surface area contributed by atoms with Crippen molar-refractivity contribution in [2.45, 2.75) is 32.7 Å². The van der Waals surface area contributed by atoms with E-state index in [1.54, 1.807) is 24.3 Å². The van der Waals surface area contributed by atoms with Crippen LogP contribution in [0.4, 0.5) is 10.6 Å². The van der Waals surface area contributed by atoms with Crippen molar-refractivity contribution < 1.29 is 9.32 Å². The van der Waals surface area contributed by atoms with Gasteiger partial charge in [-0.05, 0) is 35.4 Å². The number of urea groups is 1. The Labute approximate surface area is 151 Å². The summed E-state index contributed by atoms with van der Waals surface area (Å²) in [5, 5.41) is 11.5. The van der Waals surface area contributed by atoms with Crippen LogP contribution in [0.2, 0.25) is 0 Å². The molecule has 130 valence electrons. The van der Waals surface area contributed by atoms with Crippen molar-refractivity contribution >= 4 is 23.2 Å². The van der Waals surface area contributed by atoms with Crippen LogP contribution in [0, 0.1) is 6.92 Å². The summed E-state index contributed by atoms with van der Waals surface area (Å²) in [5.41, 5.74) is 2.31. The molecule has 2 heterocycles. The lowest BCUT2D eigenvalue weighted by atomic mass is 9.98. The Balaban J connectivity index is 1.79. The van der Waals surface area contributed by atoms with Crippen molar-refractivity contribution in [2.75, 3.05) is 5.32 Å². The van der Waals surface area contributed by atoms with Crippen molar-refractivity contribution in [3.63, 3.8) is 0 Å². The van der Waals surface area contributed by atoms with E-state index in [1.165, 1.54) is 5.56 Å². The number of hydrogen-bond donors (Lipinski definition) is 2. The highest BCUT2D eigenvalue weighted by Crippen LogP contribution is 2.27. The van der Waals surface area contributed by atoms with Gasteiger partial charge in [0.25, 0.3) is 0 Å². The second kappa shape index (κ2) is 7.53. The molecular formula is C19H21N3O2S. The van der Waals surface area contributed by atoms with E-state index in [2.05, 4.69) is 53.9 Å².